The van der Waals surface area contributed by atoms with Gasteiger partial charge >= 0.3 is 6.09 Å². The van der Waals surface area contributed by atoms with Gasteiger partial charge in [-0.1, -0.05) is 92.0 Å². The lowest BCUT2D eigenvalue weighted by molar-refractivity contribution is -0.116. The molecule has 1 saturated carbocycles. The lowest BCUT2D eigenvalue weighted by atomic mass is 9.78. The average Bonchev–Trinajstić information content (AvgIpc) is 2.84. The van der Waals surface area contributed by atoms with Crippen molar-refractivity contribution in [3.63, 3.8) is 0 Å². The van der Waals surface area contributed by atoms with Crippen LogP contribution in [-0.4, -0.2) is 30.9 Å². The van der Waals surface area contributed by atoms with E-state index in [1.807, 2.05) is 35.2 Å². The van der Waals surface area contributed by atoms with Crippen molar-refractivity contribution in [2.24, 2.45) is 5.92 Å². The van der Waals surface area contributed by atoms with E-state index < -0.39 is 8.07 Å². The number of rotatable bonds is 9. The van der Waals surface area contributed by atoms with Gasteiger partial charge in [-0.25, -0.2) is 4.79 Å². The summed E-state index contributed by atoms with van der Waals surface area (Å²) in [7, 11) is -2.11. The summed E-state index contributed by atoms with van der Waals surface area (Å²) in [5, 5.41) is 1.22. The Hall–Kier alpha value is -2.14. The molecule has 4 nitrogen and oxygen atoms in total. The fraction of sp³-hybridized carbons (Fsp3) is 0.613. The molecule has 1 aromatic carbocycles. The predicted octanol–water partition coefficient (Wildman–Crippen LogP) is 8.85. The number of amides is 1. The zero-order chi connectivity index (χ0) is 26.5. The summed E-state index contributed by atoms with van der Waals surface area (Å²) >= 11 is 0. The van der Waals surface area contributed by atoms with Crippen LogP contribution in [0.15, 0.2) is 53.4 Å². The molecule has 1 aromatic rings. The van der Waals surface area contributed by atoms with Gasteiger partial charge in [0.1, 0.15) is 5.75 Å². The lowest BCUT2D eigenvalue weighted by Crippen LogP contribution is -2.52. The van der Waals surface area contributed by atoms with E-state index in [0.29, 0.717) is 28.8 Å². The molecule has 0 spiro atoms. The minimum Gasteiger partial charge on any atom is -0.410 e. The van der Waals surface area contributed by atoms with Crippen LogP contribution in [0.4, 0.5) is 4.79 Å². The number of ketones is 1. The molecule has 0 bridgehead atoms. The molecule has 1 aliphatic heterocycles. The molecule has 1 amide bonds. The Balaban J connectivity index is 2.19. The fourth-order valence-corrected chi connectivity index (χ4v) is 14.0. The van der Waals surface area contributed by atoms with E-state index in [1.54, 1.807) is 0 Å². The third kappa shape index (κ3) is 5.71. The maximum atomic E-state index is 13.9. The van der Waals surface area contributed by atoms with E-state index in [9.17, 15) is 9.59 Å². The molecule has 1 fully saturated rings. The Bertz CT molecular complexity index is 936. The highest BCUT2D eigenvalue weighted by Gasteiger charge is 2.49. The summed E-state index contributed by atoms with van der Waals surface area (Å²) in [6.07, 6.45) is 10.9. The largest absolute Gasteiger partial charge is 0.419 e. The summed E-state index contributed by atoms with van der Waals surface area (Å²) in [4.78, 5) is 29.4. The zero-order valence-corrected chi connectivity index (χ0v) is 24.5. The monoisotopic (exact) mass is 509 g/mol. The second-order valence-electron chi connectivity index (χ2n) is 11.7. The highest BCUT2D eigenvalue weighted by atomic mass is 28.3. The highest BCUT2D eigenvalue weighted by Crippen LogP contribution is 2.49. The van der Waals surface area contributed by atoms with Crippen molar-refractivity contribution in [1.82, 2.24) is 4.90 Å². The van der Waals surface area contributed by atoms with Gasteiger partial charge in [-0.3, -0.25) is 9.69 Å². The zero-order valence-electron chi connectivity index (χ0n) is 23.5. The van der Waals surface area contributed by atoms with Crippen molar-refractivity contribution >= 4 is 20.0 Å². The maximum absolute atomic E-state index is 13.9. The van der Waals surface area contributed by atoms with Gasteiger partial charge in [-0.05, 0) is 59.1 Å². The molecular formula is C31H47NO3Si. The summed E-state index contributed by atoms with van der Waals surface area (Å²) in [5.41, 5.74) is 2.26. The van der Waals surface area contributed by atoms with Gasteiger partial charge in [-0.15, -0.1) is 0 Å². The predicted molar refractivity (Wildman–Crippen MR) is 152 cm³/mol. The van der Waals surface area contributed by atoms with Gasteiger partial charge in [0, 0.05) is 18.2 Å². The van der Waals surface area contributed by atoms with Crippen LogP contribution in [0.1, 0.15) is 93.4 Å². The fourth-order valence-electron chi connectivity index (χ4n) is 7.26. The minimum atomic E-state index is -2.11. The smallest absolute Gasteiger partial charge is 0.410 e. The maximum Gasteiger partial charge on any atom is 0.419 e. The first-order chi connectivity index (χ1) is 17.1. The number of Topliss-reactive ketones (excluding diaryl/α,β-unsaturated/α-hetero) is 1. The molecule has 1 unspecified atom stereocenters. The second kappa shape index (κ2) is 12.4. The van der Waals surface area contributed by atoms with Crippen LogP contribution in [0.3, 0.4) is 0 Å². The number of allylic oxidation sites excluding steroid dienone is 2. The lowest BCUT2D eigenvalue weighted by Gasteiger charge is -2.48. The standard InChI is InChI=1S/C31H47NO3Si/c1-8-15-29(33)28-20-27(36(22(2)3,23(4)5)24(6)7)21-32(30(28)25-16-11-9-12-17-25)31(34)35-26-18-13-10-14-19-26/h10,13-14,18-25,30H,8-9,11-12,15-17H2,1-7H3. The molecule has 198 valence electrons. The van der Waals surface area contributed by atoms with E-state index in [0.717, 1.165) is 37.7 Å². The summed E-state index contributed by atoms with van der Waals surface area (Å²) in [5.74, 6) is 1.01. The Morgan fingerprint density at radius 3 is 2.06 bits per heavy atom. The minimum absolute atomic E-state index is 0.190. The van der Waals surface area contributed by atoms with Crippen molar-refractivity contribution in [2.75, 3.05) is 0 Å². The number of nitrogens with zero attached hydrogens (tertiary/aromatic N) is 1. The Morgan fingerprint density at radius 2 is 1.53 bits per heavy atom. The van der Waals surface area contributed by atoms with Crippen LogP contribution in [-0.2, 0) is 4.79 Å². The van der Waals surface area contributed by atoms with Crippen molar-refractivity contribution in [3.05, 3.63) is 53.4 Å². The Kier molecular flexibility index (Phi) is 9.79. The second-order valence-corrected chi connectivity index (χ2v) is 17.6. The van der Waals surface area contributed by atoms with Crippen LogP contribution in [0.25, 0.3) is 0 Å². The molecule has 2 aliphatic rings. The molecule has 3 rings (SSSR count). The number of carbonyl (C=O) groups is 2. The Labute approximate surface area is 220 Å². The van der Waals surface area contributed by atoms with Crippen molar-refractivity contribution in [1.29, 1.82) is 0 Å². The highest BCUT2D eigenvalue weighted by molar-refractivity contribution is 6.90. The van der Waals surface area contributed by atoms with Gasteiger partial charge in [0.25, 0.3) is 0 Å². The first-order valence-electron chi connectivity index (χ1n) is 14.2. The number of hydrogen-bond donors (Lipinski definition) is 0. The molecular weight excluding hydrogens is 462 g/mol. The topological polar surface area (TPSA) is 46.6 Å². The Morgan fingerprint density at radius 1 is 0.944 bits per heavy atom. The number of ether oxygens (including phenoxy) is 1. The molecule has 36 heavy (non-hydrogen) atoms. The molecule has 1 aliphatic carbocycles. The van der Waals surface area contributed by atoms with E-state index in [-0.39, 0.29) is 23.8 Å². The number of hydrogen-bond acceptors (Lipinski definition) is 3. The quantitative estimate of drug-likeness (QED) is 0.312. The van der Waals surface area contributed by atoms with Crippen LogP contribution in [0, 0.1) is 5.92 Å². The van der Waals surface area contributed by atoms with Crippen molar-refractivity contribution in [3.8, 4) is 5.75 Å². The third-order valence-electron chi connectivity index (χ3n) is 8.63. The van der Waals surface area contributed by atoms with E-state index in [4.69, 9.17) is 4.74 Å². The average molecular weight is 510 g/mol. The van der Waals surface area contributed by atoms with Crippen LogP contribution >= 0.6 is 0 Å². The number of carbonyl (C=O) groups excluding carboxylic acids is 2. The van der Waals surface area contributed by atoms with E-state index in [2.05, 4.69) is 60.7 Å². The van der Waals surface area contributed by atoms with Gasteiger partial charge in [0.05, 0.1) is 14.1 Å². The molecule has 0 aromatic heterocycles. The van der Waals surface area contributed by atoms with Crippen molar-refractivity contribution in [2.45, 2.75) is 116 Å². The molecule has 0 saturated heterocycles. The molecule has 0 radical (unpaired) electrons. The van der Waals surface area contributed by atoms with Gasteiger partial charge < -0.3 is 4.74 Å². The van der Waals surface area contributed by atoms with Gasteiger partial charge in [0.15, 0.2) is 5.78 Å². The van der Waals surface area contributed by atoms with E-state index >= 15 is 0 Å². The number of benzene rings is 1. The summed E-state index contributed by atoms with van der Waals surface area (Å²) in [6.45, 7) is 16.0. The first-order valence-corrected chi connectivity index (χ1v) is 16.4. The SMILES string of the molecule is CCCC(=O)C1=CC([Si](C(C)C)(C(C)C)C(C)C)=CN(C(=O)Oc2ccccc2)C1C1CCCCC1. The van der Waals surface area contributed by atoms with Gasteiger partial charge in [0.2, 0.25) is 0 Å². The normalized spacial score (nSPS) is 19.5. The van der Waals surface area contributed by atoms with Crippen molar-refractivity contribution < 1.29 is 14.3 Å². The summed E-state index contributed by atoms with van der Waals surface area (Å²) < 4.78 is 5.92. The molecule has 5 heteroatoms. The molecule has 1 heterocycles. The van der Waals surface area contributed by atoms with Crippen LogP contribution < -0.4 is 4.74 Å². The summed E-state index contributed by atoms with van der Waals surface area (Å²) in [6, 6.07) is 9.06. The molecule has 1 atom stereocenters. The first kappa shape index (κ1) is 28.4. The third-order valence-corrected chi connectivity index (χ3v) is 15.6. The van der Waals surface area contributed by atoms with Gasteiger partial charge in [-0.2, -0.15) is 0 Å². The van der Waals surface area contributed by atoms with E-state index in [1.165, 1.54) is 11.6 Å². The molecule has 0 N–H and O–H groups in total. The van der Waals surface area contributed by atoms with Crippen LogP contribution in [0.5, 0.6) is 5.75 Å². The van der Waals surface area contributed by atoms with Crippen LogP contribution in [0.2, 0.25) is 16.6 Å². The number of para-hydroxylation sites is 1.